The largest absolute Gasteiger partial charge is 0.352 e. The van der Waals surface area contributed by atoms with E-state index in [1.165, 1.54) is 25.7 Å². The fourth-order valence-electron chi connectivity index (χ4n) is 3.71. The quantitative estimate of drug-likeness (QED) is 0.789. The Labute approximate surface area is 130 Å². The average molecular weight is 295 g/mol. The van der Waals surface area contributed by atoms with E-state index in [9.17, 15) is 4.79 Å². The Morgan fingerprint density at radius 1 is 1.14 bits per heavy atom. The first-order chi connectivity index (χ1) is 10.2. The molecule has 0 aromatic rings. The van der Waals surface area contributed by atoms with E-state index in [1.54, 1.807) is 0 Å². The number of nitrogens with zero attached hydrogens (tertiary/aromatic N) is 1. The Balaban J connectivity index is 1.77. The van der Waals surface area contributed by atoms with Gasteiger partial charge in [-0.15, -0.1) is 0 Å². The molecule has 1 amide bonds. The SMILES string of the molecule is CCCN(CC(=O)NC1CCC(C)CC1)C1CCNCC1. The predicted molar refractivity (Wildman–Crippen MR) is 87.3 cm³/mol. The first-order valence-electron chi connectivity index (χ1n) is 8.93. The lowest BCUT2D eigenvalue weighted by molar-refractivity contribution is -0.124. The molecule has 2 fully saturated rings. The number of piperidine rings is 1. The van der Waals surface area contributed by atoms with Gasteiger partial charge in [0.25, 0.3) is 0 Å². The zero-order valence-electron chi connectivity index (χ0n) is 13.9. The van der Waals surface area contributed by atoms with Gasteiger partial charge in [0.05, 0.1) is 6.54 Å². The monoisotopic (exact) mass is 295 g/mol. The van der Waals surface area contributed by atoms with E-state index in [0.29, 0.717) is 18.6 Å². The van der Waals surface area contributed by atoms with Gasteiger partial charge in [0, 0.05) is 12.1 Å². The molecule has 2 aliphatic rings. The van der Waals surface area contributed by atoms with Crippen LogP contribution in [0.2, 0.25) is 0 Å². The van der Waals surface area contributed by atoms with Gasteiger partial charge in [0.2, 0.25) is 5.91 Å². The molecule has 1 saturated heterocycles. The molecular formula is C17H33N3O. The summed E-state index contributed by atoms with van der Waals surface area (Å²) in [6.07, 6.45) is 8.32. The van der Waals surface area contributed by atoms with Crippen LogP contribution in [-0.2, 0) is 4.79 Å². The molecule has 122 valence electrons. The fourth-order valence-corrected chi connectivity index (χ4v) is 3.71. The molecule has 4 nitrogen and oxygen atoms in total. The van der Waals surface area contributed by atoms with Crippen LogP contribution >= 0.6 is 0 Å². The molecule has 0 spiro atoms. The van der Waals surface area contributed by atoms with Gasteiger partial charge in [-0.2, -0.15) is 0 Å². The second-order valence-corrected chi connectivity index (χ2v) is 6.98. The molecule has 2 N–H and O–H groups in total. The molecule has 0 unspecified atom stereocenters. The van der Waals surface area contributed by atoms with Crippen LogP contribution in [0.4, 0.5) is 0 Å². The second-order valence-electron chi connectivity index (χ2n) is 6.98. The van der Waals surface area contributed by atoms with Crippen LogP contribution in [-0.4, -0.2) is 49.1 Å². The standard InChI is InChI=1S/C17H33N3O/c1-3-12-20(16-8-10-18-11-9-16)13-17(21)19-15-6-4-14(2)5-7-15/h14-16,18H,3-13H2,1-2H3,(H,19,21). The van der Waals surface area contributed by atoms with E-state index in [2.05, 4.69) is 29.4 Å². The van der Waals surface area contributed by atoms with Crippen molar-refractivity contribution in [1.29, 1.82) is 0 Å². The van der Waals surface area contributed by atoms with E-state index in [4.69, 9.17) is 0 Å². The van der Waals surface area contributed by atoms with Gasteiger partial charge in [0.15, 0.2) is 0 Å². The molecule has 1 saturated carbocycles. The lowest BCUT2D eigenvalue weighted by atomic mass is 9.87. The van der Waals surface area contributed by atoms with Gasteiger partial charge in [-0.1, -0.05) is 13.8 Å². The summed E-state index contributed by atoms with van der Waals surface area (Å²) < 4.78 is 0. The lowest BCUT2D eigenvalue weighted by Crippen LogP contribution is -2.49. The van der Waals surface area contributed by atoms with Crippen molar-refractivity contribution in [2.75, 3.05) is 26.2 Å². The molecule has 1 heterocycles. The normalized spacial score (nSPS) is 27.8. The van der Waals surface area contributed by atoms with Gasteiger partial charge >= 0.3 is 0 Å². The maximum atomic E-state index is 12.4. The van der Waals surface area contributed by atoms with Crippen LogP contribution in [0, 0.1) is 5.92 Å². The topological polar surface area (TPSA) is 44.4 Å². The van der Waals surface area contributed by atoms with Gasteiger partial charge in [-0.25, -0.2) is 0 Å². The zero-order chi connectivity index (χ0) is 15.1. The van der Waals surface area contributed by atoms with Crippen molar-refractivity contribution in [3.63, 3.8) is 0 Å². The highest BCUT2D eigenvalue weighted by molar-refractivity contribution is 5.78. The van der Waals surface area contributed by atoms with Crippen molar-refractivity contribution >= 4 is 5.91 Å². The van der Waals surface area contributed by atoms with Crippen molar-refractivity contribution in [3.05, 3.63) is 0 Å². The average Bonchev–Trinajstić information content (AvgIpc) is 2.50. The predicted octanol–water partition coefficient (Wildman–Crippen LogP) is 2.15. The minimum absolute atomic E-state index is 0.238. The molecule has 1 aliphatic carbocycles. The van der Waals surface area contributed by atoms with Gasteiger partial charge in [-0.3, -0.25) is 9.69 Å². The van der Waals surface area contributed by atoms with Crippen molar-refractivity contribution in [2.24, 2.45) is 5.92 Å². The van der Waals surface area contributed by atoms with Crippen molar-refractivity contribution in [1.82, 2.24) is 15.5 Å². The van der Waals surface area contributed by atoms with Crippen LogP contribution in [0.3, 0.4) is 0 Å². The summed E-state index contributed by atoms with van der Waals surface area (Å²) in [6, 6.07) is 1.01. The molecule has 0 bridgehead atoms. The van der Waals surface area contributed by atoms with Crippen LogP contribution in [0.1, 0.15) is 58.8 Å². The van der Waals surface area contributed by atoms with Gasteiger partial charge < -0.3 is 10.6 Å². The third-order valence-corrected chi connectivity index (χ3v) is 5.06. The number of amides is 1. The number of carbonyl (C=O) groups excluding carboxylic acids is 1. The summed E-state index contributed by atoms with van der Waals surface area (Å²) in [7, 11) is 0. The Morgan fingerprint density at radius 3 is 2.43 bits per heavy atom. The Bertz CT molecular complexity index is 307. The Hall–Kier alpha value is -0.610. The van der Waals surface area contributed by atoms with E-state index in [0.717, 1.165) is 44.8 Å². The minimum atomic E-state index is 0.238. The Kier molecular flexibility index (Phi) is 6.97. The van der Waals surface area contributed by atoms with Crippen molar-refractivity contribution in [2.45, 2.75) is 70.9 Å². The molecule has 0 radical (unpaired) electrons. The summed E-state index contributed by atoms with van der Waals surface area (Å²) in [4.78, 5) is 14.8. The summed E-state index contributed by atoms with van der Waals surface area (Å²) >= 11 is 0. The van der Waals surface area contributed by atoms with Gasteiger partial charge in [-0.05, 0) is 70.5 Å². The number of rotatable bonds is 6. The second kappa shape index (κ2) is 8.74. The zero-order valence-corrected chi connectivity index (χ0v) is 13.9. The third-order valence-electron chi connectivity index (χ3n) is 5.06. The molecule has 4 heteroatoms. The summed E-state index contributed by atoms with van der Waals surface area (Å²) in [5.41, 5.74) is 0. The van der Waals surface area contributed by atoms with Crippen molar-refractivity contribution in [3.8, 4) is 0 Å². The van der Waals surface area contributed by atoms with Crippen molar-refractivity contribution < 1.29 is 4.79 Å². The molecule has 0 aromatic carbocycles. The molecule has 0 aromatic heterocycles. The van der Waals surface area contributed by atoms with E-state index < -0.39 is 0 Å². The maximum Gasteiger partial charge on any atom is 0.234 e. The third kappa shape index (κ3) is 5.59. The smallest absolute Gasteiger partial charge is 0.234 e. The summed E-state index contributed by atoms with van der Waals surface area (Å²) in [6.45, 7) is 8.33. The van der Waals surface area contributed by atoms with E-state index in [-0.39, 0.29) is 5.91 Å². The summed E-state index contributed by atoms with van der Waals surface area (Å²) in [5.74, 6) is 1.08. The highest BCUT2D eigenvalue weighted by Gasteiger charge is 2.24. The fraction of sp³-hybridized carbons (Fsp3) is 0.941. The Morgan fingerprint density at radius 2 is 1.81 bits per heavy atom. The van der Waals surface area contributed by atoms with Crippen LogP contribution in [0.25, 0.3) is 0 Å². The highest BCUT2D eigenvalue weighted by Crippen LogP contribution is 2.23. The van der Waals surface area contributed by atoms with E-state index >= 15 is 0 Å². The number of nitrogens with one attached hydrogen (secondary N) is 2. The first-order valence-corrected chi connectivity index (χ1v) is 8.93. The molecule has 21 heavy (non-hydrogen) atoms. The van der Waals surface area contributed by atoms with E-state index in [1.807, 2.05) is 0 Å². The van der Waals surface area contributed by atoms with Crippen LogP contribution in [0.15, 0.2) is 0 Å². The minimum Gasteiger partial charge on any atom is -0.352 e. The maximum absolute atomic E-state index is 12.4. The highest BCUT2D eigenvalue weighted by atomic mass is 16.2. The number of carbonyl (C=O) groups is 1. The van der Waals surface area contributed by atoms with Gasteiger partial charge in [0.1, 0.15) is 0 Å². The lowest BCUT2D eigenvalue weighted by Gasteiger charge is -2.35. The van der Waals surface area contributed by atoms with Crippen LogP contribution < -0.4 is 10.6 Å². The molecule has 0 atom stereocenters. The first kappa shape index (κ1) is 16.8. The molecular weight excluding hydrogens is 262 g/mol. The summed E-state index contributed by atoms with van der Waals surface area (Å²) in [5, 5.41) is 6.68. The number of hydrogen-bond acceptors (Lipinski definition) is 3. The number of hydrogen-bond donors (Lipinski definition) is 2. The molecule has 2 rings (SSSR count). The molecule has 1 aliphatic heterocycles. The van der Waals surface area contributed by atoms with Crippen LogP contribution in [0.5, 0.6) is 0 Å².